The van der Waals surface area contributed by atoms with Gasteiger partial charge in [-0.3, -0.25) is 0 Å². The molecule has 2 N–H and O–H groups in total. The maximum atomic E-state index is 5.72. The van der Waals surface area contributed by atoms with Crippen LogP contribution in [0.1, 0.15) is 0 Å². The molecule has 2 aromatic heterocycles. The lowest BCUT2D eigenvalue weighted by molar-refractivity contribution is 0.595. The molecule has 0 aliphatic carbocycles. The van der Waals surface area contributed by atoms with Crippen LogP contribution in [-0.2, 0) is 0 Å². The van der Waals surface area contributed by atoms with Crippen molar-refractivity contribution in [3.05, 3.63) is 28.6 Å². The molecule has 2 aromatic rings. The molecule has 14 heavy (non-hydrogen) atoms. The van der Waals surface area contributed by atoms with Crippen LogP contribution in [0.3, 0.4) is 0 Å². The summed E-state index contributed by atoms with van der Waals surface area (Å²) in [5.74, 6) is 0.508. The number of nitrogens with zero attached hydrogens (tertiary/aromatic N) is 2. The molecule has 2 heterocycles. The lowest BCUT2D eigenvalue weighted by Crippen LogP contribution is -1.81. The van der Waals surface area contributed by atoms with Gasteiger partial charge in [-0.1, -0.05) is 23.2 Å². The number of nitrogens with two attached hydrogens (primary N) is 1. The number of rotatable bonds is 1. The predicted octanol–water partition coefficient (Wildman–Crippen LogP) is 2.63. The van der Waals surface area contributed by atoms with E-state index >= 15 is 0 Å². The van der Waals surface area contributed by atoms with E-state index in [0.29, 0.717) is 21.6 Å². The van der Waals surface area contributed by atoms with Crippen molar-refractivity contribution >= 4 is 29.2 Å². The van der Waals surface area contributed by atoms with Crippen LogP contribution in [0.15, 0.2) is 22.7 Å². The van der Waals surface area contributed by atoms with E-state index in [2.05, 4.69) is 9.97 Å². The minimum absolute atomic E-state index is 0.101. The Labute approximate surface area is 89.7 Å². The number of aromatic nitrogens is 2. The molecule has 0 fully saturated rings. The molecule has 0 saturated carbocycles. The van der Waals surface area contributed by atoms with Gasteiger partial charge in [0.2, 0.25) is 0 Å². The van der Waals surface area contributed by atoms with Crippen LogP contribution in [0.5, 0.6) is 0 Å². The van der Waals surface area contributed by atoms with Crippen LogP contribution in [0.4, 0.5) is 6.01 Å². The van der Waals surface area contributed by atoms with E-state index in [-0.39, 0.29) is 6.01 Å². The van der Waals surface area contributed by atoms with Gasteiger partial charge in [0.1, 0.15) is 10.3 Å². The van der Waals surface area contributed by atoms with E-state index in [0.717, 1.165) is 0 Å². The van der Waals surface area contributed by atoms with Crippen LogP contribution >= 0.6 is 23.2 Å². The number of nitrogen functional groups attached to an aromatic ring is 1. The van der Waals surface area contributed by atoms with Gasteiger partial charge in [-0.05, 0) is 12.1 Å². The topological polar surface area (TPSA) is 64.9 Å². The Kier molecular flexibility index (Phi) is 2.31. The van der Waals surface area contributed by atoms with Crippen molar-refractivity contribution in [2.45, 2.75) is 0 Å². The van der Waals surface area contributed by atoms with Gasteiger partial charge in [0.05, 0.1) is 6.20 Å². The Morgan fingerprint density at radius 2 is 1.86 bits per heavy atom. The van der Waals surface area contributed by atoms with Gasteiger partial charge in [-0.25, -0.2) is 9.97 Å². The van der Waals surface area contributed by atoms with E-state index in [4.69, 9.17) is 33.4 Å². The lowest BCUT2D eigenvalue weighted by Gasteiger charge is -1.97. The molecule has 0 aromatic carbocycles. The zero-order valence-corrected chi connectivity index (χ0v) is 8.38. The highest BCUT2D eigenvalue weighted by atomic mass is 35.5. The van der Waals surface area contributed by atoms with Gasteiger partial charge in [-0.2, -0.15) is 0 Å². The Bertz CT molecular complexity index is 449. The van der Waals surface area contributed by atoms with Crippen LogP contribution < -0.4 is 5.73 Å². The molecule has 0 amide bonds. The first-order valence-electron chi connectivity index (χ1n) is 3.70. The summed E-state index contributed by atoms with van der Waals surface area (Å²) >= 11 is 11.4. The molecule has 6 heteroatoms. The lowest BCUT2D eigenvalue weighted by atomic mass is 10.2. The number of oxazole rings is 1. The monoisotopic (exact) mass is 229 g/mol. The Balaban J connectivity index is 2.51. The molecule has 0 saturated heterocycles. The van der Waals surface area contributed by atoms with Gasteiger partial charge < -0.3 is 10.2 Å². The number of anilines is 1. The SMILES string of the molecule is Nc1ncc(-c2cc(Cl)nc(Cl)c2)o1. The zero-order valence-electron chi connectivity index (χ0n) is 6.87. The van der Waals surface area contributed by atoms with Crippen LogP contribution in [0, 0.1) is 0 Å². The average molecular weight is 230 g/mol. The molecule has 0 unspecified atom stereocenters. The molecule has 0 bridgehead atoms. The van der Waals surface area contributed by atoms with Crippen LogP contribution in [0.25, 0.3) is 11.3 Å². The summed E-state index contributed by atoms with van der Waals surface area (Å²) in [6, 6.07) is 3.34. The second kappa shape index (κ2) is 3.48. The first-order valence-corrected chi connectivity index (χ1v) is 4.45. The molecule has 0 aliphatic heterocycles. The Morgan fingerprint density at radius 1 is 1.21 bits per heavy atom. The standard InChI is InChI=1S/C8H5Cl2N3O/c9-6-1-4(2-7(10)13-6)5-3-12-8(11)14-5/h1-3H,(H2,11,12). The minimum atomic E-state index is 0.101. The van der Waals surface area contributed by atoms with Crippen LogP contribution in [-0.4, -0.2) is 9.97 Å². The first-order chi connectivity index (χ1) is 6.65. The third-order valence-electron chi connectivity index (χ3n) is 1.57. The third kappa shape index (κ3) is 1.81. The number of halogens is 2. The van der Waals surface area contributed by atoms with Gasteiger partial charge in [0, 0.05) is 5.56 Å². The fourth-order valence-electron chi connectivity index (χ4n) is 1.03. The Hall–Kier alpha value is -1.26. The van der Waals surface area contributed by atoms with E-state index < -0.39 is 0 Å². The summed E-state index contributed by atoms with van der Waals surface area (Å²) in [7, 11) is 0. The van der Waals surface area contributed by atoms with Crippen molar-refractivity contribution in [2.75, 3.05) is 5.73 Å². The molecule has 2 rings (SSSR count). The van der Waals surface area contributed by atoms with E-state index in [1.165, 1.54) is 6.20 Å². The summed E-state index contributed by atoms with van der Waals surface area (Å²) in [6.07, 6.45) is 1.50. The zero-order chi connectivity index (χ0) is 10.1. The fourth-order valence-corrected chi connectivity index (χ4v) is 1.49. The molecule has 0 aliphatic rings. The summed E-state index contributed by atoms with van der Waals surface area (Å²) in [5.41, 5.74) is 6.03. The Morgan fingerprint density at radius 3 is 2.36 bits per heavy atom. The van der Waals surface area contributed by atoms with Crippen LogP contribution in [0.2, 0.25) is 10.3 Å². The predicted molar refractivity (Wildman–Crippen MR) is 54.2 cm³/mol. The molecule has 4 nitrogen and oxygen atoms in total. The van der Waals surface area contributed by atoms with Crippen molar-refractivity contribution < 1.29 is 4.42 Å². The normalized spacial score (nSPS) is 10.4. The summed E-state index contributed by atoms with van der Waals surface area (Å²) in [4.78, 5) is 7.56. The highest BCUT2D eigenvalue weighted by molar-refractivity contribution is 6.32. The second-order valence-electron chi connectivity index (χ2n) is 2.56. The maximum Gasteiger partial charge on any atom is 0.292 e. The molecule has 0 atom stereocenters. The van der Waals surface area contributed by atoms with Crippen molar-refractivity contribution in [1.82, 2.24) is 9.97 Å². The highest BCUT2D eigenvalue weighted by Crippen LogP contribution is 2.25. The molecule has 72 valence electrons. The van der Waals surface area contributed by atoms with Gasteiger partial charge >= 0.3 is 0 Å². The molecular weight excluding hydrogens is 225 g/mol. The van der Waals surface area contributed by atoms with E-state index in [1.807, 2.05) is 0 Å². The molecule has 0 radical (unpaired) electrons. The van der Waals surface area contributed by atoms with Gasteiger partial charge in [0.25, 0.3) is 6.01 Å². The van der Waals surface area contributed by atoms with Crippen molar-refractivity contribution in [1.29, 1.82) is 0 Å². The van der Waals surface area contributed by atoms with Gasteiger partial charge in [-0.15, -0.1) is 0 Å². The van der Waals surface area contributed by atoms with Crippen molar-refractivity contribution in [3.8, 4) is 11.3 Å². The number of pyridine rings is 1. The average Bonchev–Trinajstić information content (AvgIpc) is 2.50. The van der Waals surface area contributed by atoms with Crippen molar-refractivity contribution in [2.24, 2.45) is 0 Å². The first kappa shape index (κ1) is 9.30. The second-order valence-corrected chi connectivity index (χ2v) is 3.34. The number of hydrogen-bond donors (Lipinski definition) is 1. The maximum absolute atomic E-state index is 5.72. The number of hydrogen-bond acceptors (Lipinski definition) is 4. The molecule has 0 spiro atoms. The summed E-state index contributed by atoms with van der Waals surface area (Å²) < 4.78 is 5.10. The summed E-state index contributed by atoms with van der Waals surface area (Å²) in [5, 5.41) is 0.588. The fraction of sp³-hybridized carbons (Fsp3) is 0. The third-order valence-corrected chi connectivity index (χ3v) is 1.96. The highest BCUT2D eigenvalue weighted by Gasteiger charge is 2.06. The van der Waals surface area contributed by atoms with Gasteiger partial charge in [0.15, 0.2) is 5.76 Å². The smallest absolute Gasteiger partial charge is 0.292 e. The summed E-state index contributed by atoms with van der Waals surface area (Å²) in [6.45, 7) is 0. The van der Waals surface area contributed by atoms with E-state index in [1.54, 1.807) is 12.1 Å². The largest absolute Gasteiger partial charge is 0.424 e. The quantitative estimate of drug-likeness (QED) is 0.764. The van der Waals surface area contributed by atoms with Crippen molar-refractivity contribution in [3.63, 3.8) is 0 Å². The molecular formula is C8H5Cl2N3O. The van der Waals surface area contributed by atoms with E-state index in [9.17, 15) is 0 Å². The minimum Gasteiger partial charge on any atom is -0.424 e.